The van der Waals surface area contributed by atoms with Crippen LogP contribution in [0.5, 0.6) is 11.5 Å². The standard InChI is InChI=1S/C14H20N2O3.ClH/c1-2-7-15-8-9-16-14(17)13-10-18-11-5-3-4-6-12(11)19-13;/h3-6,13,15H,2,7-10H2,1H3,(H,16,17);1H. The van der Waals surface area contributed by atoms with Crippen molar-refractivity contribution >= 4 is 18.3 Å². The van der Waals surface area contributed by atoms with Crippen molar-refractivity contribution in [2.45, 2.75) is 19.4 Å². The van der Waals surface area contributed by atoms with E-state index in [1.807, 2.05) is 18.2 Å². The SMILES string of the molecule is CCCNCCNC(=O)C1COc2ccccc2O1.Cl. The van der Waals surface area contributed by atoms with Crippen LogP contribution in [0.25, 0.3) is 0 Å². The van der Waals surface area contributed by atoms with Gasteiger partial charge in [0.05, 0.1) is 0 Å². The van der Waals surface area contributed by atoms with Crippen LogP contribution in [0, 0.1) is 0 Å². The Bertz CT molecular complexity index is 429. The molecule has 2 rings (SSSR count). The zero-order chi connectivity index (χ0) is 13.5. The molecule has 1 unspecified atom stereocenters. The molecule has 0 aliphatic carbocycles. The molecule has 1 aromatic rings. The molecule has 1 amide bonds. The second kappa shape index (κ2) is 8.66. The van der Waals surface area contributed by atoms with Crippen LogP contribution in [-0.2, 0) is 4.79 Å². The monoisotopic (exact) mass is 300 g/mol. The molecule has 0 saturated carbocycles. The summed E-state index contributed by atoms with van der Waals surface area (Å²) in [4.78, 5) is 11.9. The maximum atomic E-state index is 11.9. The number of fused-ring (bicyclic) bond motifs is 1. The number of hydrogen-bond donors (Lipinski definition) is 2. The summed E-state index contributed by atoms with van der Waals surface area (Å²) in [6.45, 7) is 4.69. The summed E-state index contributed by atoms with van der Waals surface area (Å²) in [5.41, 5.74) is 0. The van der Waals surface area contributed by atoms with Crippen LogP contribution in [0.2, 0.25) is 0 Å². The summed E-state index contributed by atoms with van der Waals surface area (Å²) in [6, 6.07) is 7.37. The van der Waals surface area contributed by atoms with Gasteiger partial charge in [0.25, 0.3) is 5.91 Å². The highest BCUT2D eigenvalue weighted by Gasteiger charge is 2.26. The molecule has 5 nitrogen and oxygen atoms in total. The van der Waals surface area contributed by atoms with Crippen molar-refractivity contribution in [2.75, 3.05) is 26.2 Å². The lowest BCUT2D eigenvalue weighted by Crippen LogP contribution is -2.45. The molecule has 1 atom stereocenters. The van der Waals surface area contributed by atoms with Gasteiger partial charge in [-0.05, 0) is 25.1 Å². The Balaban J connectivity index is 0.00000200. The van der Waals surface area contributed by atoms with Crippen molar-refractivity contribution in [1.29, 1.82) is 0 Å². The summed E-state index contributed by atoms with van der Waals surface area (Å²) in [7, 11) is 0. The lowest BCUT2D eigenvalue weighted by molar-refractivity contribution is -0.130. The third kappa shape index (κ3) is 4.58. The highest BCUT2D eigenvalue weighted by Crippen LogP contribution is 2.30. The Hall–Kier alpha value is -1.46. The molecule has 1 aliphatic heterocycles. The van der Waals surface area contributed by atoms with Crippen LogP contribution >= 0.6 is 12.4 Å². The molecule has 0 spiro atoms. The van der Waals surface area contributed by atoms with Crippen molar-refractivity contribution < 1.29 is 14.3 Å². The number of halogens is 1. The number of rotatable bonds is 6. The summed E-state index contributed by atoms with van der Waals surface area (Å²) in [5, 5.41) is 6.06. The minimum Gasteiger partial charge on any atom is -0.485 e. The van der Waals surface area contributed by atoms with Gasteiger partial charge in [-0.15, -0.1) is 12.4 Å². The fraction of sp³-hybridized carbons (Fsp3) is 0.500. The molecule has 0 radical (unpaired) electrons. The van der Waals surface area contributed by atoms with E-state index in [1.165, 1.54) is 0 Å². The van der Waals surface area contributed by atoms with Gasteiger partial charge in [0.2, 0.25) is 6.10 Å². The van der Waals surface area contributed by atoms with Crippen molar-refractivity contribution in [3.63, 3.8) is 0 Å². The molecule has 1 aliphatic rings. The average Bonchev–Trinajstić information content (AvgIpc) is 2.46. The van der Waals surface area contributed by atoms with Crippen molar-refractivity contribution in [2.24, 2.45) is 0 Å². The largest absolute Gasteiger partial charge is 0.485 e. The van der Waals surface area contributed by atoms with Gasteiger partial charge < -0.3 is 20.1 Å². The van der Waals surface area contributed by atoms with Crippen molar-refractivity contribution in [3.8, 4) is 11.5 Å². The van der Waals surface area contributed by atoms with Crippen LogP contribution in [0.15, 0.2) is 24.3 Å². The zero-order valence-corrected chi connectivity index (χ0v) is 12.4. The number of hydrogen-bond acceptors (Lipinski definition) is 4. The van der Waals surface area contributed by atoms with Crippen molar-refractivity contribution in [1.82, 2.24) is 10.6 Å². The lowest BCUT2D eigenvalue weighted by atomic mass is 10.2. The summed E-state index contributed by atoms with van der Waals surface area (Å²) in [5.74, 6) is 1.18. The van der Waals surface area contributed by atoms with Crippen LogP contribution in [0.1, 0.15) is 13.3 Å². The first-order valence-electron chi connectivity index (χ1n) is 6.68. The zero-order valence-electron chi connectivity index (χ0n) is 11.6. The molecule has 6 heteroatoms. The summed E-state index contributed by atoms with van der Waals surface area (Å²) < 4.78 is 11.1. The van der Waals surface area contributed by atoms with E-state index in [0.29, 0.717) is 18.0 Å². The van der Waals surface area contributed by atoms with E-state index in [0.717, 1.165) is 19.5 Å². The number of carbonyl (C=O) groups excluding carboxylic acids is 1. The average molecular weight is 301 g/mol. The molecule has 0 fully saturated rings. The Kier molecular flexibility index (Phi) is 7.18. The van der Waals surface area contributed by atoms with E-state index in [1.54, 1.807) is 6.07 Å². The molecule has 1 heterocycles. The molecule has 2 N–H and O–H groups in total. The van der Waals surface area contributed by atoms with Gasteiger partial charge in [-0.2, -0.15) is 0 Å². The van der Waals surface area contributed by atoms with E-state index >= 15 is 0 Å². The molecule has 1 aromatic carbocycles. The molecule has 0 bridgehead atoms. The number of benzene rings is 1. The molecular weight excluding hydrogens is 280 g/mol. The number of amides is 1. The van der Waals surface area contributed by atoms with Crippen LogP contribution in [-0.4, -0.2) is 38.3 Å². The van der Waals surface area contributed by atoms with E-state index in [4.69, 9.17) is 9.47 Å². The Labute approximate surface area is 125 Å². The smallest absolute Gasteiger partial charge is 0.264 e. The molecular formula is C14H21ClN2O3. The third-order valence-corrected chi connectivity index (χ3v) is 2.83. The lowest BCUT2D eigenvalue weighted by Gasteiger charge is -2.25. The number of carbonyl (C=O) groups is 1. The number of para-hydroxylation sites is 2. The van der Waals surface area contributed by atoms with E-state index in [-0.39, 0.29) is 24.9 Å². The van der Waals surface area contributed by atoms with Crippen LogP contribution in [0.4, 0.5) is 0 Å². The summed E-state index contributed by atoms with van der Waals surface area (Å²) >= 11 is 0. The topological polar surface area (TPSA) is 59.6 Å². The first-order chi connectivity index (χ1) is 9.31. The van der Waals surface area contributed by atoms with Gasteiger partial charge in [0.1, 0.15) is 6.61 Å². The van der Waals surface area contributed by atoms with Gasteiger partial charge in [0.15, 0.2) is 11.5 Å². The van der Waals surface area contributed by atoms with Gasteiger partial charge >= 0.3 is 0 Å². The quantitative estimate of drug-likeness (QED) is 0.779. The number of nitrogens with one attached hydrogen (secondary N) is 2. The van der Waals surface area contributed by atoms with Gasteiger partial charge in [-0.3, -0.25) is 4.79 Å². The summed E-state index contributed by atoms with van der Waals surface area (Å²) in [6.07, 6.45) is 0.519. The fourth-order valence-electron chi connectivity index (χ4n) is 1.84. The van der Waals surface area contributed by atoms with Crippen LogP contribution < -0.4 is 20.1 Å². The second-order valence-corrected chi connectivity index (χ2v) is 4.41. The highest BCUT2D eigenvalue weighted by molar-refractivity contribution is 5.85. The first kappa shape index (κ1) is 16.6. The molecule has 20 heavy (non-hydrogen) atoms. The van der Waals surface area contributed by atoms with Crippen molar-refractivity contribution in [3.05, 3.63) is 24.3 Å². The molecule has 112 valence electrons. The van der Waals surface area contributed by atoms with E-state index < -0.39 is 6.10 Å². The highest BCUT2D eigenvalue weighted by atomic mass is 35.5. The predicted octanol–water partition coefficient (Wildman–Crippen LogP) is 1.36. The van der Waals surface area contributed by atoms with E-state index in [9.17, 15) is 4.79 Å². The van der Waals surface area contributed by atoms with Gasteiger partial charge in [-0.25, -0.2) is 0 Å². The first-order valence-corrected chi connectivity index (χ1v) is 6.68. The Morgan fingerprint density at radius 2 is 2.00 bits per heavy atom. The van der Waals surface area contributed by atoms with Gasteiger partial charge in [0, 0.05) is 13.1 Å². The maximum Gasteiger partial charge on any atom is 0.264 e. The Morgan fingerprint density at radius 1 is 1.25 bits per heavy atom. The normalized spacial score (nSPS) is 16.1. The maximum absolute atomic E-state index is 11.9. The van der Waals surface area contributed by atoms with Crippen LogP contribution in [0.3, 0.4) is 0 Å². The predicted molar refractivity (Wildman–Crippen MR) is 79.8 cm³/mol. The fourth-order valence-corrected chi connectivity index (χ4v) is 1.84. The molecule has 0 aromatic heterocycles. The number of ether oxygens (including phenoxy) is 2. The molecule has 0 saturated heterocycles. The van der Waals surface area contributed by atoms with Gasteiger partial charge in [-0.1, -0.05) is 19.1 Å². The minimum atomic E-state index is -0.568. The Morgan fingerprint density at radius 3 is 2.75 bits per heavy atom. The third-order valence-electron chi connectivity index (χ3n) is 2.83. The van der Waals surface area contributed by atoms with E-state index in [2.05, 4.69) is 17.6 Å². The second-order valence-electron chi connectivity index (χ2n) is 4.41. The minimum absolute atomic E-state index is 0.